The van der Waals surface area contributed by atoms with Crippen LogP contribution in [0.15, 0.2) is 24.3 Å². The maximum Gasteiger partial charge on any atom is 0.149 e. The predicted molar refractivity (Wildman–Crippen MR) is 63.8 cm³/mol. The van der Waals surface area contributed by atoms with Crippen LogP contribution in [0, 0.1) is 12.7 Å². The van der Waals surface area contributed by atoms with E-state index in [0.717, 1.165) is 29.5 Å². The first kappa shape index (κ1) is 11.0. The highest BCUT2D eigenvalue weighted by molar-refractivity contribution is 5.82. The third-order valence-corrected chi connectivity index (χ3v) is 2.65. The molecule has 16 heavy (non-hydrogen) atoms. The Morgan fingerprint density at radius 1 is 1.38 bits per heavy atom. The number of aromatic nitrogens is 1. The van der Waals surface area contributed by atoms with Gasteiger partial charge in [0, 0.05) is 11.1 Å². The SMILES string of the molecule is Cc1cc(CCCN)c2cccc(F)c2n1. The van der Waals surface area contributed by atoms with Crippen LogP contribution in [0.25, 0.3) is 10.9 Å². The molecule has 0 bridgehead atoms. The molecule has 0 atom stereocenters. The Morgan fingerprint density at radius 2 is 2.19 bits per heavy atom. The molecule has 1 aromatic heterocycles. The van der Waals surface area contributed by atoms with Gasteiger partial charge in [-0.1, -0.05) is 12.1 Å². The number of hydrogen-bond donors (Lipinski definition) is 1. The van der Waals surface area contributed by atoms with E-state index < -0.39 is 0 Å². The molecule has 2 aromatic rings. The van der Waals surface area contributed by atoms with Gasteiger partial charge in [-0.05, 0) is 44.0 Å². The highest BCUT2D eigenvalue weighted by Crippen LogP contribution is 2.21. The van der Waals surface area contributed by atoms with Crippen molar-refractivity contribution >= 4 is 10.9 Å². The highest BCUT2D eigenvalue weighted by atomic mass is 19.1. The topological polar surface area (TPSA) is 38.9 Å². The second-order valence-electron chi connectivity index (χ2n) is 3.95. The monoisotopic (exact) mass is 218 g/mol. The maximum absolute atomic E-state index is 13.6. The Balaban J connectivity index is 2.59. The van der Waals surface area contributed by atoms with E-state index in [4.69, 9.17) is 5.73 Å². The number of aryl methyl sites for hydroxylation is 2. The smallest absolute Gasteiger partial charge is 0.149 e. The first-order chi connectivity index (χ1) is 7.72. The summed E-state index contributed by atoms with van der Waals surface area (Å²) >= 11 is 0. The van der Waals surface area contributed by atoms with Crippen molar-refractivity contribution in [3.8, 4) is 0 Å². The first-order valence-electron chi connectivity index (χ1n) is 5.47. The summed E-state index contributed by atoms with van der Waals surface area (Å²) in [5.74, 6) is -0.254. The van der Waals surface area contributed by atoms with Crippen molar-refractivity contribution in [2.24, 2.45) is 5.73 Å². The molecule has 0 unspecified atom stereocenters. The lowest BCUT2D eigenvalue weighted by Gasteiger charge is -2.07. The van der Waals surface area contributed by atoms with Crippen molar-refractivity contribution in [1.82, 2.24) is 4.98 Å². The van der Waals surface area contributed by atoms with Gasteiger partial charge in [-0.2, -0.15) is 0 Å². The zero-order valence-corrected chi connectivity index (χ0v) is 9.33. The Bertz CT molecular complexity index is 509. The summed E-state index contributed by atoms with van der Waals surface area (Å²) in [6, 6.07) is 7.09. The number of fused-ring (bicyclic) bond motifs is 1. The largest absolute Gasteiger partial charge is 0.330 e. The fourth-order valence-electron chi connectivity index (χ4n) is 1.93. The number of nitrogens with zero attached hydrogens (tertiary/aromatic N) is 1. The Hall–Kier alpha value is -1.48. The number of halogens is 1. The maximum atomic E-state index is 13.6. The fourth-order valence-corrected chi connectivity index (χ4v) is 1.93. The molecular weight excluding hydrogens is 203 g/mol. The molecule has 0 aliphatic heterocycles. The molecule has 2 rings (SSSR count). The molecule has 1 heterocycles. The summed E-state index contributed by atoms with van der Waals surface area (Å²) in [5, 5.41) is 0.902. The van der Waals surface area contributed by atoms with Crippen LogP contribution in [0.4, 0.5) is 4.39 Å². The molecule has 0 aliphatic carbocycles. The molecule has 84 valence electrons. The van der Waals surface area contributed by atoms with Crippen LogP contribution in [0.1, 0.15) is 17.7 Å². The molecule has 0 saturated carbocycles. The minimum Gasteiger partial charge on any atom is -0.330 e. The van der Waals surface area contributed by atoms with E-state index in [1.807, 2.05) is 19.1 Å². The molecule has 0 amide bonds. The first-order valence-corrected chi connectivity index (χ1v) is 5.47. The van der Waals surface area contributed by atoms with Gasteiger partial charge in [-0.15, -0.1) is 0 Å². The van der Waals surface area contributed by atoms with E-state index in [2.05, 4.69) is 4.98 Å². The van der Waals surface area contributed by atoms with Crippen LogP contribution in [-0.2, 0) is 6.42 Å². The van der Waals surface area contributed by atoms with Crippen molar-refractivity contribution in [3.05, 3.63) is 41.3 Å². The molecule has 0 radical (unpaired) electrons. The molecule has 0 spiro atoms. The standard InChI is InChI=1S/C13H15FN2/c1-9-8-10(4-3-7-15)11-5-2-6-12(14)13(11)16-9/h2,5-6,8H,3-4,7,15H2,1H3. The van der Waals surface area contributed by atoms with Crippen molar-refractivity contribution in [2.45, 2.75) is 19.8 Å². The predicted octanol–water partition coefficient (Wildman–Crippen LogP) is 2.57. The summed E-state index contributed by atoms with van der Waals surface area (Å²) in [6.07, 6.45) is 1.79. The molecular formula is C13H15FN2. The number of para-hydroxylation sites is 1. The number of nitrogens with two attached hydrogens (primary N) is 1. The van der Waals surface area contributed by atoms with Crippen LogP contribution in [0.5, 0.6) is 0 Å². The Labute approximate surface area is 94.3 Å². The van der Waals surface area contributed by atoms with Gasteiger partial charge in [0.05, 0.1) is 0 Å². The van der Waals surface area contributed by atoms with Crippen molar-refractivity contribution in [2.75, 3.05) is 6.54 Å². The van der Waals surface area contributed by atoms with Gasteiger partial charge in [0.1, 0.15) is 11.3 Å². The number of rotatable bonds is 3. The fraction of sp³-hybridized carbons (Fsp3) is 0.308. The minimum absolute atomic E-state index is 0.254. The van der Waals surface area contributed by atoms with Crippen LogP contribution >= 0.6 is 0 Å². The van der Waals surface area contributed by atoms with Crippen molar-refractivity contribution in [1.29, 1.82) is 0 Å². The number of benzene rings is 1. The summed E-state index contributed by atoms with van der Waals surface area (Å²) in [7, 11) is 0. The zero-order valence-electron chi connectivity index (χ0n) is 9.33. The van der Waals surface area contributed by atoms with Crippen LogP contribution in [0.2, 0.25) is 0 Å². The van der Waals surface area contributed by atoms with Gasteiger partial charge >= 0.3 is 0 Å². The summed E-state index contributed by atoms with van der Waals surface area (Å²) < 4.78 is 13.6. The van der Waals surface area contributed by atoms with Crippen LogP contribution in [0.3, 0.4) is 0 Å². The average Bonchev–Trinajstić information content (AvgIpc) is 2.27. The number of pyridine rings is 1. The van der Waals surface area contributed by atoms with E-state index >= 15 is 0 Å². The lowest BCUT2D eigenvalue weighted by atomic mass is 10.0. The lowest BCUT2D eigenvalue weighted by molar-refractivity contribution is 0.636. The molecule has 2 N–H and O–H groups in total. The minimum atomic E-state index is -0.254. The molecule has 0 aliphatic rings. The summed E-state index contributed by atoms with van der Waals surface area (Å²) in [5.41, 5.74) is 7.95. The molecule has 0 fully saturated rings. The molecule has 1 aromatic carbocycles. The van der Waals surface area contributed by atoms with Gasteiger partial charge in [-0.25, -0.2) is 4.39 Å². The Morgan fingerprint density at radius 3 is 2.94 bits per heavy atom. The van der Waals surface area contributed by atoms with Gasteiger partial charge in [-0.3, -0.25) is 4.98 Å². The van der Waals surface area contributed by atoms with Gasteiger partial charge in [0.2, 0.25) is 0 Å². The average molecular weight is 218 g/mol. The second kappa shape index (κ2) is 4.58. The Kier molecular flexibility index (Phi) is 3.15. The summed E-state index contributed by atoms with van der Waals surface area (Å²) in [4.78, 5) is 4.24. The quantitative estimate of drug-likeness (QED) is 0.860. The lowest BCUT2D eigenvalue weighted by Crippen LogP contribution is -2.02. The van der Waals surface area contributed by atoms with Crippen LogP contribution in [-0.4, -0.2) is 11.5 Å². The van der Waals surface area contributed by atoms with E-state index in [1.165, 1.54) is 6.07 Å². The molecule has 3 heteroatoms. The number of hydrogen-bond acceptors (Lipinski definition) is 2. The molecule has 0 saturated heterocycles. The van der Waals surface area contributed by atoms with E-state index in [9.17, 15) is 4.39 Å². The van der Waals surface area contributed by atoms with E-state index in [-0.39, 0.29) is 5.82 Å². The van der Waals surface area contributed by atoms with Gasteiger partial charge in [0.15, 0.2) is 0 Å². The second-order valence-corrected chi connectivity index (χ2v) is 3.95. The van der Waals surface area contributed by atoms with Gasteiger partial charge in [0.25, 0.3) is 0 Å². The normalized spacial score (nSPS) is 10.9. The summed E-state index contributed by atoms with van der Waals surface area (Å²) in [6.45, 7) is 2.54. The van der Waals surface area contributed by atoms with Gasteiger partial charge < -0.3 is 5.73 Å². The van der Waals surface area contributed by atoms with Crippen molar-refractivity contribution < 1.29 is 4.39 Å². The van der Waals surface area contributed by atoms with E-state index in [1.54, 1.807) is 6.07 Å². The third-order valence-electron chi connectivity index (χ3n) is 2.65. The molecule has 2 nitrogen and oxygen atoms in total. The zero-order chi connectivity index (χ0) is 11.5. The highest BCUT2D eigenvalue weighted by Gasteiger charge is 2.07. The third kappa shape index (κ3) is 2.04. The van der Waals surface area contributed by atoms with Crippen LogP contribution < -0.4 is 5.73 Å². The van der Waals surface area contributed by atoms with E-state index in [0.29, 0.717) is 12.1 Å². The van der Waals surface area contributed by atoms with Crippen molar-refractivity contribution in [3.63, 3.8) is 0 Å².